The monoisotopic (exact) mass is 384 g/mol. The van der Waals surface area contributed by atoms with E-state index in [0.29, 0.717) is 20.6 Å². The van der Waals surface area contributed by atoms with Crippen molar-refractivity contribution in [3.8, 4) is 0 Å². The van der Waals surface area contributed by atoms with Crippen LogP contribution in [-0.4, -0.2) is 28.8 Å². The summed E-state index contributed by atoms with van der Waals surface area (Å²) in [5, 5.41) is 5.45. The smallest absolute Gasteiger partial charge is 0.352 e. The maximum absolute atomic E-state index is 12.2. The zero-order valence-electron chi connectivity index (χ0n) is 12.5. The van der Waals surface area contributed by atoms with Gasteiger partial charge in [0.15, 0.2) is 10.3 Å². The number of para-hydroxylation sites is 1. The van der Waals surface area contributed by atoms with Crippen molar-refractivity contribution in [3.63, 3.8) is 0 Å². The molecular formula is C15H11F3N4OS2. The third-order valence-corrected chi connectivity index (χ3v) is 4.69. The number of aliphatic imine (C=N–C) groups is 1. The van der Waals surface area contributed by atoms with E-state index in [2.05, 4.69) is 20.6 Å². The third-order valence-electron chi connectivity index (χ3n) is 2.87. The van der Waals surface area contributed by atoms with Crippen molar-refractivity contribution in [3.05, 3.63) is 46.3 Å². The SMILES string of the molecule is O=C1N/C(=N/c2ccccc2)S/C1=C\c1cnc(NCC(F)(F)F)s1. The predicted octanol–water partition coefficient (Wildman–Crippen LogP) is 4.01. The Morgan fingerprint density at radius 2 is 2.04 bits per heavy atom. The summed E-state index contributed by atoms with van der Waals surface area (Å²) in [7, 11) is 0. The van der Waals surface area contributed by atoms with Gasteiger partial charge in [-0.25, -0.2) is 9.98 Å². The Labute approximate surface area is 149 Å². The van der Waals surface area contributed by atoms with E-state index in [9.17, 15) is 18.0 Å². The van der Waals surface area contributed by atoms with E-state index in [1.54, 1.807) is 6.08 Å². The van der Waals surface area contributed by atoms with E-state index < -0.39 is 12.7 Å². The topological polar surface area (TPSA) is 66.4 Å². The highest BCUT2D eigenvalue weighted by Gasteiger charge is 2.27. The van der Waals surface area contributed by atoms with Gasteiger partial charge < -0.3 is 10.6 Å². The van der Waals surface area contributed by atoms with E-state index in [1.807, 2.05) is 30.3 Å². The first-order valence-electron chi connectivity index (χ1n) is 7.00. The lowest BCUT2D eigenvalue weighted by molar-refractivity contribution is -0.116. The first-order valence-corrected chi connectivity index (χ1v) is 8.63. The molecule has 0 aliphatic carbocycles. The van der Waals surface area contributed by atoms with E-state index in [0.717, 1.165) is 23.1 Å². The number of nitrogens with one attached hydrogen (secondary N) is 2. The average molecular weight is 384 g/mol. The second-order valence-electron chi connectivity index (χ2n) is 4.85. The van der Waals surface area contributed by atoms with Gasteiger partial charge in [0, 0.05) is 6.20 Å². The quantitative estimate of drug-likeness (QED) is 0.782. The zero-order valence-corrected chi connectivity index (χ0v) is 14.1. The number of halogens is 3. The van der Waals surface area contributed by atoms with Gasteiger partial charge in [0.25, 0.3) is 5.91 Å². The maximum atomic E-state index is 12.2. The van der Waals surface area contributed by atoms with E-state index >= 15 is 0 Å². The Morgan fingerprint density at radius 3 is 2.76 bits per heavy atom. The molecule has 1 aliphatic rings. The lowest BCUT2D eigenvalue weighted by Gasteiger charge is -2.05. The summed E-state index contributed by atoms with van der Waals surface area (Å²) < 4.78 is 36.5. The summed E-state index contributed by atoms with van der Waals surface area (Å²) in [6.45, 7) is -1.15. The minimum Gasteiger partial charge on any atom is -0.352 e. The van der Waals surface area contributed by atoms with Crippen LogP contribution in [0.25, 0.3) is 6.08 Å². The summed E-state index contributed by atoms with van der Waals surface area (Å²) in [6.07, 6.45) is -1.32. The molecule has 2 N–H and O–H groups in total. The number of thioether (sulfide) groups is 1. The van der Waals surface area contributed by atoms with Crippen LogP contribution in [0.1, 0.15) is 4.88 Å². The standard InChI is InChI=1S/C15H11F3N4OS2/c16-15(17,18)8-20-13-19-7-10(24-13)6-11-12(23)22-14(25-11)21-9-4-2-1-3-5-9/h1-7H,8H2,(H,19,20)(H,21,22,23)/b11-6-. The molecule has 25 heavy (non-hydrogen) atoms. The number of amidine groups is 1. The summed E-state index contributed by atoms with van der Waals surface area (Å²) in [5.41, 5.74) is 0.711. The summed E-state index contributed by atoms with van der Waals surface area (Å²) >= 11 is 2.20. The Morgan fingerprint density at radius 1 is 1.28 bits per heavy atom. The van der Waals surface area contributed by atoms with E-state index in [-0.39, 0.29) is 11.0 Å². The minimum atomic E-state index is -4.31. The number of amides is 1. The zero-order chi connectivity index (χ0) is 17.9. The molecule has 5 nitrogen and oxygen atoms in total. The fraction of sp³-hybridized carbons (Fsp3) is 0.133. The molecule has 1 aliphatic heterocycles. The number of aromatic nitrogens is 1. The molecule has 1 aromatic heterocycles. The number of rotatable bonds is 4. The van der Waals surface area contributed by atoms with E-state index in [4.69, 9.17) is 0 Å². The first-order chi connectivity index (χ1) is 11.9. The van der Waals surface area contributed by atoms with Crippen molar-refractivity contribution in [2.75, 3.05) is 11.9 Å². The second-order valence-corrected chi connectivity index (χ2v) is 6.95. The largest absolute Gasteiger partial charge is 0.405 e. The maximum Gasteiger partial charge on any atom is 0.405 e. The Hall–Kier alpha value is -2.33. The normalized spacial score (nSPS) is 18.0. The molecule has 10 heteroatoms. The highest BCUT2D eigenvalue weighted by molar-refractivity contribution is 8.18. The Bertz CT molecular complexity index is 831. The van der Waals surface area contributed by atoms with Gasteiger partial charge in [0.05, 0.1) is 15.5 Å². The summed E-state index contributed by atoms with van der Waals surface area (Å²) in [4.78, 5) is 21.1. The number of anilines is 1. The molecule has 2 heterocycles. The van der Waals surface area contributed by atoms with Gasteiger partial charge in [-0.05, 0) is 30.0 Å². The van der Waals surface area contributed by atoms with Crippen LogP contribution in [0.15, 0.2) is 46.4 Å². The van der Waals surface area contributed by atoms with Crippen molar-refractivity contribution >= 4 is 51.1 Å². The predicted molar refractivity (Wildman–Crippen MR) is 93.9 cm³/mol. The number of nitrogens with zero attached hydrogens (tertiary/aromatic N) is 2. The van der Waals surface area contributed by atoms with Gasteiger partial charge in [-0.3, -0.25) is 4.79 Å². The van der Waals surface area contributed by atoms with Crippen molar-refractivity contribution < 1.29 is 18.0 Å². The van der Waals surface area contributed by atoms with Gasteiger partial charge in [-0.1, -0.05) is 29.5 Å². The van der Waals surface area contributed by atoms with Crippen LogP contribution in [0.5, 0.6) is 0 Å². The molecule has 130 valence electrons. The summed E-state index contributed by atoms with van der Waals surface area (Å²) in [5.74, 6) is -0.308. The van der Waals surface area contributed by atoms with Crippen molar-refractivity contribution in [2.24, 2.45) is 4.99 Å². The number of alkyl halides is 3. The molecule has 1 fully saturated rings. The molecule has 0 unspecified atom stereocenters. The fourth-order valence-corrected chi connectivity index (χ4v) is 3.50. The van der Waals surface area contributed by atoms with Gasteiger partial charge in [0.2, 0.25) is 0 Å². The number of carbonyl (C=O) groups is 1. The van der Waals surface area contributed by atoms with Gasteiger partial charge in [-0.2, -0.15) is 13.2 Å². The third kappa shape index (κ3) is 5.07. The van der Waals surface area contributed by atoms with Crippen LogP contribution in [0.2, 0.25) is 0 Å². The molecule has 3 rings (SSSR count). The Kier molecular flexibility index (Phi) is 5.09. The molecule has 0 saturated carbocycles. The van der Waals surface area contributed by atoms with Gasteiger partial charge in [-0.15, -0.1) is 0 Å². The van der Waals surface area contributed by atoms with Crippen molar-refractivity contribution in [1.29, 1.82) is 0 Å². The second kappa shape index (κ2) is 7.28. The molecule has 1 saturated heterocycles. The lowest BCUT2D eigenvalue weighted by atomic mass is 10.3. The fourth-order valence-electron chi connectivity index (χ4n) is 1.84. The van der Waals surface area contributed by atoms with Gasteiger partial charge in [0.1, 0.15) is 6.54 Å². The first kappa shape index (κ1) is 17.5. The number of benzene rings is 1. The highest BCUT2D eigenvalue weighted by Crippen LogP contribution is 2.30. The molecule has 0 bridgehead atoms. The van der Waals surface area contributed by atoms with Crippen LogP contribution < -0.4 is 10.6 Å². The minimum absolute atomic E-state index is 0.144. The van der Waals surface area contributed by atoms with Crippen LogP contribution in [0.4, 0.5) is 24.0 Å². The van der Waals surface area contributed by atoms with Crippen molar-refractivity contribution in [2.45, 2.75) is 6.18 Å². The van der Waals surface area contributed by atoms with Crippen LogP contribution in [0, 0.1) is 0 Å². The van der Waals surface area contributed by atoms with Crippen LogP contribution in [-0.2, 0) is 4.79 Å². The summed E-state index contributed by atoms with van der Waals surface area (Å²) in [6, 6.07) is 9.16. The molecule has 0 spiro atoms. The molecule has 0 atom stereocenters. The number of hydrogen-bond acceptors (Lipinski definition) is 6. The highest BCUT2D eigenvalue weighted by atomic mass is 32.2. The van der Waals surface area contributed by atoms with Crippen LogP contribution >= 0.6 is 23.1 Å². The van der Waals surface area contributed by atoms with Crippen molar-refractivity contribution in [1.82, 2.24) is 10.3 Å². The molecule has 1 amide bonds. The molecule has 1 aromatic carbocycles. The lowest BCUT2D eigenvalue weighted by Crippen LogP contribution is -2.21. The molecule has 2 aromatic rings. The number of thiazole rings is 1. The number of hydrogen-bond donors (Lipinski definition) is 2. The van der Waals surface area contributed by atoms with E-state index in [1.165, 1.54) is 6.20 Å². The van der Waals surface area contributed by atoms with Crippen LogP contribution in [0.3, 0.4) is 0 Å². The molecule has 0 radical (unpaired) electrons. The average Bonchev–Trinajstić information content (AvgIpc) is 3.13. The van der Waals surface area contributed by atoms with Gasteiger partial charge >= 0.3 is 6.18 Å². The Balaban J connectivity index is 1.69. The molecular weight excluding hydrogens is 373 g/mol. The number of carbonyl (C=O) groups excluding carboxylic acids is 1.